The maximum absolute atomic E-state index is 4.84. The Morgan fingerprint density at radius 2 is 1.93 bits per heavy atom. The predicted molar refractivity (Wildman–Crippen MR) is 112 cm³/mol. The van der Waals surface area contributed by atoms with Gasteiger partial charge in [0.05, 0.1) is 29.1 Å². The molecule has 0 aliphatic carbocycles. The number of aromatic amines is 2. The number of fused-ring (bicyclic) bond motifs is 2. The van der Waals surface area contributed by atoms with Crippen LogP contribution in [-0.4, -0.2) is 39.9 Å². The highest BCUT2D eigenvalue weighted by molar-refractivity contribution is 7.08. The zero-order chi connectivity index (χ0) is 19.4. The van der Waals surface area contributed by atoms with Crippen LogP contribution in [0.4, 0.5) is 0 Å². The largest absolute Gasteiger partial charge is 0.335 e. The molecule has 9 heteroatoms. The molecule has 0 fully saturated rings. The molecule has 0 saturated heterocycles. The second kappa shape index (κ2) is 6.08. The van der Waals surface area contributed by atoms with Crippen LogP contribution in [0.25, 0.3) is 56.0 Å². The van der Waals surface area contributed by atoms with Crippen LogP contribution in [0.2, 0.25) is 0 Å². The van der Waals surface area contributed by atoms with E-state index in [0.717, 1.165) is 44.5 Å². The van der Waals surface area contributed by atoms with Crippen LogP contribution < -0.4 is 0 Å². The maximum Gasteiger partial charge on any atom is 0.161 e. The van der Waals surface area contributed by atoms with E-state index in [9.17, 15) is 0 Å². The molecule has 0 unspecified atom stereocenters. The third-order valence-electron chi connectivity index (χ3n) is 4.86. The molecule has 0 radical (unpaired) electrons. The van der Waals surface area contributed by atoms with E-state index in [-0.39, 0.29) is 0 Å². The first kappa shape index (κ1) is 16.1. The van der Waals surface area contributed by atoms with Crippen molar-refractivity contribution in [2.45, 2.75) is 0 Å². The van der Waals surface area contributed by atoms with E-state index in [0.29, 0.717) is 11.5 Å². The number of aromatic nitrogens is 8. The van der Waals surface area contributed by atoms with Gasteiger partial charge in [0.2, 0.25) is 0 Å². The highest BCUT2D eigenvalue weighted by atomic mass is 32.1. The Kier molecular flexibility index (Phi) is 3.38. The summed E-state index contributed by atoms with van der Waals surface area (Å²) in [6, 6.07) is 6.00. The van der Waals surface area contributed by atoms with Crippen molar-refractivity contribution in [3.63, 3.8) is 0 Å². The summed E-state index contributed by atoms with van der Waals surface area (Å²) in [5.74, 6) is 0.659. The number of H-pyrrole nitrogens is 2. The summed E-state index contributed by atoms with van der Waals surface area (Å²) in [7, 11) is 1.89. The van der Waals surface area contributed by atoms with Crippen molar-refractivity contribution in [3.05, 3.63) is 53.7 Å². The Balaban J connectivity index is 1.53. The van der Waals surface area contributed by atoms with Gasteiger partial charge in [0.1, 0.15) is 11.0 Å². The highest BCUT2D eigenvalue weighted by Crippen LogP contribution is 2.31. The topological polar surface area (TPSA) is 101 Å². The minimum atomic E-state index is 0.659. The summed E-state index contributed by atoms with van der Waals surface area (Å²) in [5, 5.41) is 15.9. The maximum atomic E-state index is 4.84. The van der Waals surface area contributed by atoms with Gasteiger partial charge in [0.25, 0.3) is 0 Å². The standard InChI is InChI=1S/C20H14N8S/c1-28-9-12(6-22-28)14-2-3-15-18(23-14)19(27-26-15)20-24-16-8-21-7-13(17(16)25-20)11-4-5-29-10-11/h2-10H,1H3,(H,24,25)(H,26,27). The monoisotopic (exact) mass is 398 g/mol. The molecule has 0 amide bonds. The van der Waals surface area contributed by atoms with Gasteiger partial charge in [0, 0.05) is 30.6 Å². The zero-order valence-electron chi connectivity index (χ0n) is 15.3. The molecule has 6 aromatic heterocycles. The molecular weight excluding hydrogens is 384 g/mol. The average Bonchev–Trinajstić information content (AvgIpc) is 3.51. The molecule has 6 heterocycles. The molecule has 29 heavy (non-hydrogen) atoms. The summed E-state index contributed by atoms with van der Waals surface area (Å²) >= 11 is 1.65. The van der Waals surface area contributed by atoms with Crippen molar-refractivity contribution in [2.24, 2.45) is 7.05 Å². The van der Waals surface area contributed by atoms with E-state index in [2.05, 4.69) is 36.7 Å². The average molecular weight is 398 g/mol. The number of thiophene rings is 1. The molecule has 6 rings (SSSR count). The minimum Gasteiger partial charge on any atom is -0.335 e. The van der Waals surface area contributed by atoms with E-state index < -0.39 is 0 Å². The van der Waals surface area contributed by atoms with Gasteiger partial charge >= 0.3 is 0 Å². The second-order valence-electron chi connectivity index (χ2n) is 6.75. The van der Waals surface area contributed by atoms with Crippen molar-refractivity contribution in [2.75, 3.05) is 0 Å². The van der Waals surface area contributed by atoms with E-state index >= 15 is 0 Å². The lowest BCUT2D eigenvalue weighted by Gasteiger charge is -1.98. The minimum absolute atomic E-state index is 0.659. The van der Waals surface area contributed by atoms with Crippen LogP contribution in [0.5, 0.6) is 0 Å². The zero-order valence-corrected chi connectivity index (χ0v) is 16.1. The van der Waals surface area contributed by atoms with Gasteiger partial charge in [-0.3, -0.25) is 14.8 Å². The number of nitrogens with one attached hydrogen (secondary N) is 2. The molecule has 140 valence electrons. The van der Waals surface area contributed by atoms with Crippen LogP contribution in [0.1, 0.15) is 0 Å². The lowest BCUT2D eigenvalue weighted by molar-refractivity contribution is 0.768. The van der Waals surface area contributed by atoms with Crippen molar-refractivity contribution >= 4 is 33.4 Å². The number of hydrogen-bond donors (Lipinski definition) is 2. The van der Waals surface area contributed by atoms with Crippen LogP contribution in [-0.2, 0) is 7.05 Å². The third-order valence-corrected chi connectivity index (χ3v) is 5.54. The van der Waals surface area contributed by atoms with Gasteiger partial charge in [0.15, 0.2) is 11.5 Å². The predicted octanol–water partition coefficient (Wildman–Crippen LogP) is 4.03. The summed E-state index contributed by atoms with van der Waals surface area (Å²) in [4.78, 5) is 17.4. The van der Waals surface area contributed by atoms with Crippen molar-refractivity contribution in [3.8, 4) is 33.9 Å². The summed E-state index contributed by atoms with van der Waals surface area (Å²) in [6.07, 6.45) is 7.36. The number of rotatable bonds is 3. The van der Waals surface area contributed by atoms with E-state index in [4.69, 9.17) is 9.97 Å². The van der Waals surface area contributed by atoms with Gasteiger partial charge in [-0.25, -0.2) is 9.97 Å². The molecular formula is C20H14N8S. The van der Waals surface area contributed by atoms with Crippen LogP contribution in [0.3, 0.4) is 0 Å². The molecule has 0 atom stereocenters. The van der Waals surface area contributed by atoms with E-state index in [1.54, 1.807) is 28.4 Å². The lowest BCUT2D eigenvalue weighted by Crippen LogP contribution is -1.87. The Morgan fingerprint density at radius 1 is 0.966 bits per heavy atom. The molecule has 0 aliphatic rings. The fourth-order valence-corrected chi connectivity index (χ4v) is 4.11. The number of hydrogen-bond acceptors (Lipinski definition) is 6. The van der Waals surface area contributed by atoms with Gasteiger partial charge in [-0.15, -0.1) is 0 Å². The van der Waals surface area contributed by atoms with Crippen LogP contribution >= 0.6 is 11.3 Å². The smallest absolute Gasteiger partial charge is 0.161 e. The molecule has 0 aromatic carbocycles. The van der Waals surface area contributed by atoms with Crippen molar-refractivity contribution in [1.29, 1.82) is 0 Å². The lowest BCUT2D eigenvalue weighted by atomic mass is 10.1. The van der Waals surface area contributed by atoms with Crippen molar-refractivity contribution in [1.82, 2.24) is 39.9 Å². The SMILES string of the molecule is Cn1cc(-c2ccc3[nH]nc(-c4nc5c(-c6ccsc6)cncc5[nH]4)c3n2)cn1. The van der Waals surface area contributed by atoms with E-state index in [1.165, 1.54) is 0 Å². The molecule has 0 spiro atoms. The molecule has 2 N–H and O–H groups in total. The first-order valence-electron chi connectivity index (χ1n) is 8.97. The molecule has 0 aliphatic heterocycles. The fraction of sp³-hybridized carbons (Fsp3) is 0.0500. The number of aryl methyl sites for hydroxylation is 1. The van der Waals surface area contributed by atoms with Crippen LogP contribution in [0, 0.1) is 0 Å². The first-order valence-corrected chi connectivity index (χ1v) is 9.91. The summed E-state index contributed by atoms with van der Waals surface area (Å²) in [6.45, 7) is 0. The summed E-state index contributed by atoms with van der Waals surface area (Å²) in [5.41, 5.74) is 7.92. The van der Waals surface area contributed by atoms with Gasteiger partial charge in [-0.1, -0.05) is 0 Å². The Morgan fingerprint density at radius 3 is 2.76 bits per heavy atom. The van der Waals surface area contributed by atoms with E-state index in [1.807, 2.05) is 37.0 Å². The normalized spacial score (nSPS) is 11.6. The number of imidazole rings is 1. The molecule has 0 bridgehead atoms. The third kappa shape index (κ3) is 2.55. The number of pyridine rings is 2. The Hall–Kier alpha value is -3.85. The van der Waals surface area contributed by atoms with Crippen molar-refractivity contribution < 1.29 is 0 Å². The van der Waals surface area contributed by atoms with Gasteiger partial charge in [-0.2, -0.15) is 21.5 Å². The quantitative estimate of drug-likeness (QED) is 0.469. The summed E-state index contributed by atoms with van der Waals surface area (Å²) < 4.78 is 1.76. The fourth-order valence-electron chi connectivity index (χ4n) is 3.45. The Bertz CT molecular complexity index is 1470. The second-order valence-corrected chi connectivity index (χ2v) is 7.53. The van der Waals surface area contributed by atoms with Gasteiger partial charge < -0.3 is 4.98 Å². The molecule has 8 nitrogen and oxygen atoms in total. The Labute approximate surface area is 168 Å². The first-order chi connectivity index (χ1) is 14.3. The number of nitrogens with zero attached hydrogens (tertiary/aromatic N) is 6. The van der Waals surface area contributed by atoms with Gasteiger partial charge in [-0.05, 0) is 34.5 Å². The molecule has 0 saturated carbocycles. The highest BCUT2D eigenvalue weighted by Gasteiger charge is 2.17. The molecule has 6 aromatic rings. The van der Waals surface area contributed by atoms with Crippen LogP contribution in [0.15, 0.2) is 53.7 Å².